The van der Waals surface area contributed by atoms with Gasteiger partial charge in [0.15, 0.2) is 0 Å². The molecule has 1 aromatic carbocycles. The van der Waals surface area contributed by atoms with Crippen molar-refractivity contribution in [3.63, 3.8) is 0 Å². The van der Waals surface area contributed by atoms with Gasteiger partial charge in [-0.15, -0.1) is 16.4 Å². The second-order valence-corrected chi connectivity index (χ2v) is 7.25. The number of benzene rings is 1. The lowest BCUT2D eigenvalue weighted by atomic mass is 9.91. The normalized spacial score (nSPS) is 14.8. The van der Waals surface area contributed by atoms with Crippen molar-refractivity contribution in [1.29, 1.82) is 0 Å². The Morgan fingerprint density at radius 2 is 1.92 bits per heavy atom. The Kier molecular flexibility index (Phi) is 3.49. The number of fused-ring (bicyclic) bond motifs is 1. The molecule has 0 aliphatic carbocycles. The third-order valence-electron chi connectivity index (χ3n) is 4.77. The van der Waals surface area contributed by atoms with Gasteiger partial charge in [-0.25, -0.2) is 0 Å². The number of amides is 1. The number of rotatable bonds is 2. The number of thiophene rings is 1. The standard InChI is InChI=1S/C18H18N4OS/c1-10-11(2)20-21-17-14(10)15(19)16(24-17)18(23)22-8-13(9-22)12-6-4-3-5-7-12/h3-7,13H,8-9,19H2,1-2H3. The minimum atomic E-state index is -0.000246. The SMILES string of the molecule is Cc1nnc2sc(C(=O)N3CC(c4ccccc4)C3)c(N)c2c1C. The van der Waals surface area contributed by atoms with E-state index in [9.17, 15) is 4.79 Å². The molecule has 1 fully saturated rings. The number of nitrogens with zero attached hydrogens (tertiary/aromatic N) is 3. The van der Waals surface area contributed by atoms with Gasteiger partial charge in [-0.3, -0.25) is 4.79 Å². The maximum Gasteiger partial charge on any atom is 0.266 e. The summed E-state index contributed by atoms with van der Waals surface area (Å²) in [7, 11) is 0. The molecular formula is C18H18N4OS. The Morgan fingerprint density at radius 1 is 1.21 bits per heavy atom. The summed E-state index contributed by atoms with van der Waals surface area (Å²) in [5.41, 5.74) is 9.93. The number of carbonyl (C=O) groups excluding carboxylic acids is 1. The smallest absolute Gasteiger partial charge is 0.266 e. The van der Waals surface area contributed by atoms with Crippen LogP contribution in [-0.4, -0.2) is 34.1 Å². The van der Waals surface area contributed by atoms with Gasteiger partial charge in [0.2, 0.25) is 0 Å². The fourth-order valence-corrected chi connectivity index (χ4v) is 4.19. The summed E-state index contributed by atoms with van der Waals surface area (Å²) in [4.78, 5) is 16.0. The summed E-state index contributed by atoms with van der Waals surface area (Å²) in [5, 5.41) is 9.19. The van der Waals surface area contributed by atoms with Gasteiger partial charge >= 0.3 is 0 Å². The van der Waals surface area contributed by atoms with E-state index in [1.54, 1.807) is 0 Å². The van der Waals surface area contributed by atoms with Crippen LogP contribution in [0.1, 0.15) is 32.4 Å². The first kappa shape index (κ1) is 15.1. The third kappa shape index (κ3) is 2.26. The molecule has 122 valence electrons. The van der Waals surface area contributed by atoms with Crippen molar-refractivity contribution < 1.29 is 4.79 Å². The number of aryl methyl sites for hydroxylation is 2. The molecule has 0 atom stereocenters. The molecule has 5 nitrogen and oxygen atoms in total. The lowest BCUT2D eigenvalue weighted by Gasteiger charge is -2.39. The molecule has 6 heteroatoms. The number of hydrogen-bond donors (Lipinski definition) is 1. The topological polar surface area (TPSA) is 72.1 Å². The van der Waals surface area contributed by atoms with E-state index in [2.05, 4.69) is 22.3 Å². The number of aromatic nitrogens is 2. The molecule has 3 aromatic rings. The fraction of sp³-hybridized carbons (Fsp3) is 0.278. The van der Waals surface area contributed by atoms with Crippen LogP contribution in [0.25, 0.3) is 10.2 Å². The Morgan fingerprint density at radius 3 is 2.62 bits per heavy atom. The highest BCUT2D eigenvalue weighted by Gasteiger charge is 2.34. The molecule has 24 heavy (non-hydrogen) atoms. The molecule has 0 bridgehead atoms. The minimum Gasteiger partial charge on any atom is -0.397 e. The highest BCUT2D eigenvalue weighted by atomic mass is 32.1. The maximum absolute atomic E-state index is 12.8. The molecule has 1 saturated heterocycles. The van der Waals surface area contributed by atoms with Gasteiger partial charge in [-0.05, 0) is 25.0 Å². The van der Waals surface area contributed by atoms with Crippen LogP contribution in [0.15, 0.2) is 30.3 Å². The minimum absolute atomic E-state index is 0.000246. The summed E-state index contributed by atoms with van der Waals surface area (Å²) < 4.78 is 0. The van der Waals surface area contributed by atoms with Gasteiger partial charge in [-0.1, -0.05) is 30.3 Å². The summed E-state index contributed by atoms with van der Waals surface area (Å²) in [6.07, 6.45) is 0. The van der Waals surface area contributed by atoms with Crippen molar-refractivity contribution in [1.82, 2.24) is 15.1 Å². The third-order valence-corrected chi connectivity index (χ3v) is 5.85. The van der Waals surface area contributed by atoms with E-state index in [1.165, 1.54) is 16.9 Å². The van der Waals surface area contributed by atoms with E-state index in [0.29, 0.717) is 16.5 Å². The number of carbonyl (C=O) groups is 1. The lowest BCUT2D eigenvalue weighted by Crippen LogP contribution is -2.48. The summed E-state index contributed by atoms with van der Waals surface area (Å²) in [6.45, 7) is 5.35. The Balaban J connectivity index is 1.59. The predicted octanol–water partition coefficient (Wildman–Crippen LogP) is 3.13. The molecule has 2 N–H and O–H groups in total. The van der Waals surface area contributed by atoms with E-state index >= 15 is 0 Å². The van der Waals surface area contributed by atoms with Gasteiger partial charge in [0.1, 0.15) is 9.71 Å². The largest absolute Gasteiger partial charge is 0.397 e. The van der Waals surface area contributed by atoms with Crippen molar-refractivity contribution in [2.75, 3.05) is 18.8 Å². The fourth-order valence-electron chi connectivity index (χ4n) is 3.12. The Labute approximate surface area is 144 Å². The highest BCUT2D eigenvalue weighted by molar-refractivity contribution is 7.21. The van der Waals surface area contributed by atoms with Crippen LogP contribution >= 0.6 is 11.3 Å². The van der Waals surface area contributed by atoms with E-state index in [-0.39, 0.29) is 5.91 Å². The predicted molar refractivity (Wildman–Crippen MR) is 96.4 cm³/mol. The Bertz CT molecular complexity index is 929. The van der Waals surface area contributed by atoms with Gasteiger partial charge in [0.05, 0.1) is 11.4 Å². The summed E-state index contributed by atoms with van der Waals surface area (Å²) in [6, 6.07) is 10.3. The van der Waals surface area contributed by atoms with E-state index in [4.69, 9.17) is 5.73 Å². The zero-order chi connectivity index (χ0) is 16.8. The molecule has 1 aliphatic rings. The molecule has 4 rings (SSSR count). The first-order valence-corrected chi connectivity index (χ1v) is 8.74. The van der Waals surface area contributed by atoms with Crippen LogP contribution in [0.3, 0.4) is 0 Å². The van der Waals surface area contributed by atoms with Crippen molar-refractivity contribution >= 4 is 33.1 Å². The molecule has 0 unspecified atom stereocenters. The number of likely N-dealkylation sites (tertiary alicyclic amines) is 1. The number of nitrogen functional groups attached to an aromatic ring is 1. The van der Waals surface area contributed by atoms with Crippen LogP contribution in [0.4, 0.5) is 5.69 Å². The van der Waals surface area contributed by atoms with Crippen LogP contribution < -0.4 is 5.73 Å². The molecule has 3 heterocycles. The number of anilines is 1. The number of hydrogen-bond acceptors (Lipinski definition) is 5. The van der Waals surface area contributed by atoms with Gasteiger partial charge in [-0.2, -0.15) is 5.10 Å². The molecular weight excluding hydrogens is 320 g/mol. The van der Waals surface area contributed by atoms with Crippen molar-refractivity contribution in [3.05, 3.63) is 52.0 Å². The van der Waals surface area contributed by atoms with Crippen molar-refractivity contribution in [2.45, 2.75) is 19.8 Å². The van der Waals surface area contributed by atoms with Gasteiger partial charge < -0.3 is 10.6 Å². The van der Waals surface area contributed by atoms with E-state index in [1.807, 2.05) is 36.9 Å². The molecule has 1 aliphatic heterocycles. The molecule has 1 amide bonds. The first-order chi connectivity index (χ1) is 11.6. The first-order valence-electron chi connectivity index (χ1n) is 7.92. The molecule has 0 saturated carbocycles. The van der Waals surface area contributed by atoms with E-state index < -0.39 is 0 Å². The molecule has 0 radical (unpaired) electrons. The Hall–Kier alpha value is -2.47. The zero-order valence-corrected chi connectivity index (χ0v) is 14.4. The second-order valence-electron chi connectivity index (χ2n) is 6.25. The molecule has 0 spiro atoms. The lowest BCUT2D eigenvalue weighted by molar-refractivity contribution is 0.0608. The monoisotopic (exact) mass is 338 g/mol. The number of nitrogens with two attached hydrogens (primary N) is 1. The van der Waals surface area contributed by atoms with Crippen LogP contribution in [0.2, 0.25) is 0 Å². The summed E-state index contributed by atoms with van der Waals surface area (Å²) in [5.74, 6) is 0.411. The van der Waals surface area contributed by atoms with Crippen LogP contribution in [0, 0.1) is 13.8 Å². The quantitative estimate of drug-likeness (QED) is 0.779. The van der Waals surface area contributed by atoms with E-state index in [0.717, 1.165) is 34.6 Å². The van der Waals surface area contributed by atoms with Crippen molar-refractivity contribution in [2.24, 2.45) is 0 Å². The zero-order valence-electron chi connectivity index (χ0n) is 13.6. The van der Waals surface area contributed by atoms with Gasteiger partial charge in [0.25, 0.3) is 5.91 Å². The maximum atomic E-state index is 12.8. The van der Waals surface area contributed by atoms with Crippen LogP contribution in [0.5, 0.6) is 0 Å². The van der Waals surface area contributed by atoms with Crippen LogP contribution in [-0.2, 0) is 0 Å². The highest BCUT2D eigenvalue weighted by Crippen LogP contribution is 2.37. The summed E-state index contributed by atoms with van der Waals surface area (Å²) >= 11 is 1.34. The second kappa shape index (κ2) is 5.56. The van der Waals surface area contributed by atoms with Crippen molar-refractivity contribution in [3.8, 4) is 0 Å². The van der Waals surface area contributed by atoms with Gasteiger partial charge in [0, 0.05) is 24.4 Å². The molecule has 2 aromatic heterocycles. The average Bonchev–Trinajstić information content (AvgIpc) is 2.88. The average molecular weight is 338 g/mol.